The van der Waals surface area contributed by atoms with Crippen molar-refractivity contribution in [1.29, 1.82) is 0 Å². The van der Waals surface area contributed by atoms with Crippen LogP contribution in [0.15, 0.2) is 29.8 Å². The molecule has 64 valence electrons. The molecule has 0 heterocycles. The zero-order valence-electron chi connectivity index (χ0n) is 6.55. The van der Waals surface area contributed by atoms with Gasteiger partial charge in [0.05, 0.1) is 12.1 Å². The molecule has 0 unspecified atom stereocenters. The van der Waals surface area contributed by atoms with E-state index in [1.807, 2.05) is 24.3 Å². The summed E-state index contributed by atoms with van der Waals surface area (Å²) in [6.45, 7) is 0. The van der Waals surface area contributed by atoms with Crippen LogP contribution in [0.5, 0.6) is 5.75 Å². The van der Waals surface area contributed by atoms with Crippen molar-refractivity contribution in [2.45, 2.75) is 0 Å². The smallest absolute Gasteiger partial charge is 0.127 e. The Morgan fingerprint density at radius 1 is 1.42 bits per heavy atom. The number of rotatable bonds is 2. The Balaban J connectivity index is 3.13. The minimum absolute atomic E-state index is 0.481. The molecule has 0 aliphatic carbocycles. The fourth-order valence-corrected chi connectivity index (χ4v) is 1.17. The van der Waals surface area contributed by atoms with Gasteiger partial charge in [0.1, 0.15) is 5.75 Å². The minimum atomic E-state index is 0.481. The maximum Gasteiger partial charge on any atom is 0.127 e. The summed E-state index contributed by atoms with van der Waals surface area (Å²) < 4.78 is 5.08. The first-order chi connectivity index (χ1) is 5.79. The maximum absolute atomic E-state index is 5.82. The Labute approximate surface area is 81.6 Å². The molecule has 0 atom stereocenters. The lowest BCUT2D eigenvalue weighted by atomic mass is 10.2. The molecule has 1 aromatic rings. The molecule has 0 aromatic heterocycles. The first-order valence-corrected chi connectivity index (χ1v) is 4.20. The van der Waals surface area contributed by atoms with Gasteiger partial charge in [0.25, 0.3) is 0 Å². The van der Waals surface area contributed by atoms with E-state index >= 15 is 0 Å². The lowest BCUT2D eigenvalue weighted by Crippen LogP contribution is -1.87. The average molecular weight is 203 g/mol. The van der Waals surface area contributed by atoms with E-state index in [1.54, 1.807) is 7.11 Å². The third-order valence-corrected chi connectivity index (χ3v) is 2.10. The molecular formula is C9H8Cl2O. The quantitative estimate of drug-likeness (QED) is 0.714. The van der Waals surface area contributed by atoms with Gasteiger partial charge in [0, 0.05) is 11.1 Å². The summed E-state index contributed by atoms with van der Waals surface area (Å²) in [5.74, 6) is 0.722. The molecule has 0 aliphatic rings. The van der Waals surface area contributed by atoms with E-state index in [9.17, 15) is 0 Å². The number of hydrogen-bond donors (Lipinski definition) is 0. The molecule has 1 rings (SSSR count). The van der Waals surface area contributed by atoms with Crippen molar-refractivity contribution in [3.63, 3.8) is 0 Å². The predicted octanol–water partition coefficient (Wildman–Crippen LogP) is 3.47. The largest absolute Gasteiger partial charge is 0.496 e. The van der Waals surface area contributed by atoms with E-state index in [4.69, 9.17) is 27.9 Å². The first-order valence-electron chi connectivity index (χ1n) is 3.39. The van der Waals surface area contributed by atoms with Gasteiger partial charge < -0.3 is 4.74 Å². The summed E-state index contributed by atoms with van der Waals surface area (Å²) in [5, 5.41) is 0.481. The highest BCUT2D eigenvalue weighted by atomic mass is 35.5. The number of ether oxygens (including phenoxy) is 1. The molecule has 1 aromatic carbocycles. The molecule has 0 amide bonds. The Hall–Kier alpha value is -0.660. The van der Waals surface area contributed by atoms with Crippen LogP contribution in [0.3, 0.4) is 0 Å². The van der Waals surface area contributed by atoms with Crippen molar-refractivity contribution < 1.29 is 4.74 Å². The van der Waals surface area contributed by atoms with Crippen molar-refractivity contribution in [3.8, 4) is 5.75 Å². The van der Waals surface area contributed by atoms with E-state index in [0.717, 1.165) is 11.3 Å². The SMILES string of the molecule is COc1ccccc1/C(Cl)=C/Cl. The Kier molecular flexibility index (Phi) is 3.45. The van der Waals surface area contributed by atoms with Gasteiger partial charge >= 0.3 is 0 Å². The summed E-state index contributed by atoms with van der Waals surface area (Å²) in [6, 6.07) is 7.43. The zero-order chi connectivity index (χ0) is 8.97. The van der Waals surface area contributed by atoms with Gasteiger partial charge in [-0.25, -0.2) is 0 Å². The van der Waals surface area contributed by atoms with Crippen molar-refractivity contribution in [1.82, 2.24) is 0 Å². The minimum Gasteiger partial charge on any atom is -0.496 e. The molecular weight excluding hydrogens is 195 g/mol. The molecule has 3 heteroatoms. The Bertz CT molecular complexity index is 294. The molecule has 0 aliphatic heterocycles. The van der Waals surface area contributed by atoms with E-state index < -0.39 is 0 Å². The highest BCUT2D eigenvalue weighted by Gasteiger charge is 2.03. The molecule has 0 fully saturated rings. The third-order valence-electron chi connectivity index (χ3n) is 1.46. The molecule has 12 heavy (non-hydrogen) atoms. The lowest BCUT2D eigenvalue weighted by molar-refractivity contribution is 0.414. The van der Waals surface area contributed by atoms with Gasteiger partial charge in [-0.05, 0) is 12.1 Å². The van der Waals surface area contributed by atoms with E-state index in [2.05, 4.69) is 0 Å². The van der Waals surface area contributed by atoms with Crippen LogP contribution in [0.2, 0.25) is 0 Å². The maximum atomic E-state index is 5.82. The topological polar surface area (TPSA) is 9.23 Å². The van der Waals surface area contributed by atoms with Gasteiger partial charge in [0.15, 0.2) is 0 Å². The molecule has 0 bridgehead atoms. The molecule has 0 N–H and O–H groups in total. The van der Waals surface area contributed by atoms with Crippen LogP contribution in [0.4, 0.5) is 0 Å². The summed E-state index contributed by atoms with van der Waals surface area (Å²) >= 11 is 11.3. The second kappa shape index (κ2) is 4.39. The van der Waals surface area contributed by atoms with Crippen LogP contribution in [-0.2, 0) is 0 Å². The van der Waals surface area contributed by atoms with Crippen molar-refractivity contribution in [3.05, 3.63) is 35.4 Å². The van der Waals surface area contributed by atoms with Crippen molar-refractivity contribution in [2.75, 3.05) is 7.11 Å². The average Bonchev–Trinajstić information content (AvgIpc) is 2.16. The Morgan fingerprint density at radius 2 is 2.08 bits per heavy atom. The zero-order valence-corrected chi connectivity index (χ0v) is 8.06. The van der Waals surface area contributed by atoms with Gasteiger partial charge in [0.2, 0.25) is 0 Å². The second-order valence-electron chi connectivity index (χ2n) is 2.16. The molecule has 0 saturated heterocycles. The van der Waals surface area contributed by atoms with Crippen molar-refractivity contribution >= 4 is 28.2 Å². The van der Waals surface area contributed by atoms with Crippen LogP contribution in [-0.4, -0.2) is 7.11 Å². The van der Waals surface area contributed by atoms with Crippen LogP contribution in [0.1, 0.15) is 5.56 Å². The number of halogens is 2. The molecule has 0 spiro atoms. The molecule has 0 radical (unpaired) electrons. The van der Waals surface area contributed by atoms with E-state index in [1.165, 1.54) is 5.54 Å². The van der Waals surface area contributed by atoms with Gasteiger partial charge in [-0.3, -0.25) is 0 Å². The van der Waals surface area contributed by atoms with Crippen LogP contribution in [0.25, 0.3) is 5.03 Å². The first kappa shape index (κ1) is 9.43. The summed E-state index contributed by atoms with van der Waals surface area (Å²) in [4.78, 5) is 0. The molecule has 1 nitrogen and oxygen atoms in total. The summed E-state index contributed by atoms with van der Waals surface area (Å²) in [5.41, 5.74) is 2.12. The van der Waals surface area contributed by atoms with Crippen LogP contribution >= 0.6 is 23.2 Å². The lowest BCUT2D eigenvalue weighted by Gasteiger charge is -2.05. The standard InChI is InChI=1S/C9H8Cl2O/c1-12-9-5-3-2-4-7(9)8(11)6-10/h2-6H,1H3/b8-6-. The van der Waals surface area contributed by atoms with Crippen molar-refractivity contribution in [2.24, 2.45) is 0 Å². The van der Waals surface area contributed by atoms with E-state index in [-0.39, 0.29) is 0 Å². The Morgan fingerprint density at radius 3 is 2.67 bits per heavy atom. The summed E-state index contributed by atoms with van der Waals surface area (Å²) in [6.07, 6.45) is 0. The summed E-state index contributed by atoms with van der Waals surface area (Å²) in [7, 11) is 1.59. The fourth-order valence-electron chi connectivity index (χ4n) is 0.901. The van der Waals surface area contributed by atoms with E-state index in [0.29, 0.717) is 5.03 Å². The van der Waals surface area contributed by atoms with Crippen LogP contribution < -0.4 is 4.74 Å². The molecule has 0 saturated carbocycles. The van der Waals surface area contributed by atoms with Crippen LogP contribution in [0, 0.1) is 0 Å². The van der Waals surface area contributed by atoms with Gasteiger partial charge in [-0.1, -0.05) is 35.3 Å². The number of para-hydroxylation sites is 1. The highest BCUT2D eigenvalue weighted by Crippen LogP contribution is 2.28. The van der Waals surface area contributed by atoms with Gasteiger partial charge in [-0.2, -0.15) is 0 Å². The number of methoxy groups -OCH3 is 1. The predicted molar refractivity (Wildman–Crippen MR) is 52.7 cm³/mol. The monoisotopic (exact) mass is 202 g/mol. The normalized spacial score (nSPS) is 11.4. The fraction of sp³-hybridized carbons (Fsp3) is 0.111. The third kappa shape index (κ3) is 1.93. The second-order valence-corrected chi connectivity index (χ2v) is 2.78. The number of hydrogen-bond acceptors (Lipinski definition) is 1. The number of benzene rings is 1. The highest BCUT2D eigenvalue weighted by molar-refractivity contribution is 6.53. The van der Waals surface area contributed by atoms with Gasteiger partial charge in [-0.15, -0.1) is 0 Å².